The van der Waals surface area contributed by atoms with Crippen LogP contribution in [0.2, 0.25) is 0 Å². The van der Waals surface area contributed by atoms with E-state index < -0.39 is 0 Å². The lowest BCUT2D eigenvalue weighted by Crippen LogP contribution is -2.44. The Kier molecular flexibility index (Phi) is 5.99. The Bertz CT molecular complexity index is 268. The van der Waals surface area contributed by atoms with E-state index in [4.69, 9.17) is 0 Å². The predicted octanol–water partition coefficient (Wildman–Crippen LogP) is 3.93. The van der Waals surface area contributed by atoms with Crippen LogP contribution in [0.1, 0.15) is 70.6 Å². The molecule has 0 aromatic rings. The summed E-state index contributed by atoms with van der Waals surface area (Å²) in [6.07, 6.45) is 14.4. The highest BCUT2D eigenvalue weighted by atomic mass is 16.2. The zero-order valence-electron chi connectivity index (χ0n) is 12.5. The summed E-state index contributed by atoms with van der Waals surface area (Å²) < 4.78 is 0. The first-order chi connectivity index (χ1) is 9.27. The highest BCUT2D eigenvalue weighted by Crippen LogP contribution is 2.26. The van der Waals surface area contributed by atoms with Crippen molar-refractivity contribution in [2.45, 2.75) is 76.7 Å². The molecule has 2 aliphatic rings. The summed E-state index contributed by atoms with van der Waals surface area (Å²) in [6.45, 7) is 0.862. The molecule has 1 N–H and O–H groups in total. The second-order valence-electron chi connectivity index (χ2n) is 6.43. The molecule has 2 aliphatic carbocycles. The average molecular weight is 266 g/mol. The van der Waals surface area contributed by atoms with Crippen molar-refractivity contribution in [3.05, 3.63) is 0 Å². The number of hydrogen-bond donors (Lipinski definition) is 1. The van der Waals surface area contributed by atoms with Crippen LogP contribution in [-0.4, -0.2) is 30.6 Å². The largest absolute Gasteiger partial charge is 0.338 e. The van der Waals surface area contributed by atoms with Gasteiger partial charge in [-0.2, -0.15) is 0 Å². The van der Waals surface area contributed by atoms with Gasteiger partial charge in [-0.1, -0.05) is 51.4 Å². The van der Waals surface area contributed by atoms with Crippen molar-refractivity contribution in [1.82, 2.24) is 10.2 Å². The standard InChI is InChI=1S/C16H30N2O/c1-18(15-10-6-3-7-11-15)16(19)17-13-12-14-8-4-2-5-9-14/h14-15H,2-13H2,1H3,(H,17,19). The van der Waals surface area contributed by atoms with Crippen LogP contribution < -0.4 is 5.32 Å². The van der Waals surface area contributed by atoms with Crippen molar-refractivity contribution in [3.63, 3.8) is 0 Å². The van der Waals surface area contributed by atoms with Crippen LogP contribution in [0.4, 0.5) is 4.79 Å². The van der Waals surface area contributed by atoms with E-state index in [1.807, 2.05) is 11.9 Å². The van der Waals surface area contributed by atoms with E-state index in [0.29, 0.717) is 6.04 Å². The Balaban J connectivity index is 1.62. The zero-order chi connectivity index (χ0) is 13.5. The van der Waals surface area contributed by atoms with E-state index in [0.717, 1.165) is 12.5 Å². The summed E-state index contributed by atoms with van der Waals surface area (Å²) in [5.41, 5.74) is 0. The highest BCUT2D eigenvalue weighted by molar-refractivity contribution is 5.74. The Morgan fingerprint density at radius 1 is 1.00 bits per heavy atom. The van der Waals surface area contributed by atoms with Gasteiger partial charge in [0.2, 0.25) is 0 Å². The number of amides is 2. The molecule has 3 nitrogen and oxygen atoms in total. The molecule has 2 saturated carbocycles. The molecule has 0 saturated heterocycles. The molecule has 0 bridgehead atoms. The fraction of sp³-hybridized carbons (Fsp3) is 0.938. The minimum absolute atomic E-state index is 0.141. The maximum Gasteiger partial charge on any atom is 0.317 e. The summed E-state index contributed by atoms with van der Waals surface area (Å²) in [5.74, 6) is 0.856. The summed E-state index contributed by atoms with van der Waals surface area (Å²) in [7, 11) is 1.96. The van der Waals surface area contributed by atoms with Crippen molar-refractivity contribution in [2.75, 3.05) is 13.6 Å². The predicted molar refractivity (Wildman–Crippen MR) is 79.2 cm³/mol. The van der Waals surface area contributed by atoms with Crippen LogP contribution in [0.3, 0.4) is 0 Å². The number of urea groups is 1. The molecule has 0 radical (unpaired) electrons. The lowest BCUT2D eigenvalue weighted by atomic mass is 9.87. The topological polar surface area (TPSA) is 32.3 Å². The summed E-state index contributed by atoms with van der Waals surface area (Å²) in [6, 6.07) is 0.617. The van der Waals surface area contributed by atoms with E-state index in [1.54, 1.807) is 0 Å². The van der Waals surface area contributed by atoms with Crippen molar-refractivity contribution in [2.24, 2.45) is 5.92 Å². The van der Waals surface area contributed by atoms with Gasteiger partial charge >= 0.3 is 6.03 Å². The SMILES string of the molecule is CN(C(=O)NCCC1CCCCC1)C1CCCCC1. The number of hydrogen-bond acceptors (Lipinski definition) is 1. The quantitative estimate of drug-likeness (QED) is 0.821. The van der Waals surface area contributed by atoms with Gasteiger partial charge in [-0.05, 0) is 25.2 Å². The molecule has 0 unspecified atom stereocenters. The van der Waals surface area contributed by atoms with Crippen LogP contribution in [0.15, 0.2) is 0 Å². The molecule has 0 aromatic carbocycles. The van der Waals surface area contributed by atoms with Crippen LogP contribution in [0.25, 0.3) is 0 Å². The third-order valence-electron chi connectivity index (χ3n) is 5.00. The van der Waals surface area contributed by atoms with E-state index in [2.05, 4.69) is 5.32 Å². The fourth-order valence-electron chi connectivity index (χ4n) is 3.62. The van der Waals surface area contributed by atoms with Gasteiger partial charge < -0.3 is 10.2 Å². The average Bonchev–Trinajstić information content (AvgIpc) is 2.48. The van der Waals surface area contributed by atoms with Crippen LogP contribution in [0, 0.1) is 5.92 Å². The van der Waals surface area contributed by atoms with Crippen molar-refractivity contribution >= 4 is 6.03 Å². The van der Waals surface area contributed by atoms with Gasteiger partial charge in [-0.25, -0.2) is 4.79 Å². The molecule has 0 spiro atoms. The van der Waals surface area contributed by atoms with Gasteiger partial charge in [0.05, 0.1) is 0 Å². The van der Waals surface area contributed by atoms with Gasteiger partial charge in [-0.15, -0.1) is 0 Å². The molecule has 0 aliphatic heterocycles. The molecule has 0 atom stereocenters. The first kappa shape index (κ1) is 14.7. The van der Waals surface area contributed by atoms with Gasteiger partial charge in [0.1, 0.15) is 0 Å². The summed E-state index contributed by atoms with van der Waals surface area (Å²) >= 11 is 0. The molecule has 110 valence electrons. The smallest absolute Gasteiger partial charge is 0.317 e. The molecule has 2 amide bonds. The number of rotatable bonds is 4. The maximum atomic E-state index is 12.1. The van der Waals surface area contributed by atoms with E-state index in [-0.39, 0.29) is 6.03 Å². The molecular formula is C16H30N2O. The minimum Gasteiger partial charge on any atom is -0.338 e. The lowest BCUT2D eigenvalue weighted by molar-refractivity contribution is 0.172. The number of carbonyl (C=O) groups is 1. The highest BCUT2D eigenvalue weighted by Gasteiger charge is 2.22. The Labute approximate surface area is 118 Å². The number of nitrogens with zero attached hydrogens (tertiary/aromatic N) is 1. The van der Waals surface area contributed by atoms with Gasteiger partial charge in [0.15, 0.2) is 0 Å². The van der Waals surface area contributed by atoms with Crippen LogP contribution in [0.5, 0.6) is 0 Å². The Morgan fingerprint density at radius 2 is 1.58 bits per heavy atom. The Morgan fingerprint density at radius 3 is 2.21 bits per heavy atom. The van der Waals surface area contributed by atoms with Crippen LogP contribution >= 0.6 is 0 Å². The fourth-order valence-corrected chi connectivity index (χ4v) is 3.62. The van der Waals surface area contributed by atoms with Crippen molar-refractivity contribution in [1.29, 1.82) is 0 Å². The first-order valence-electron chi connectivity index (χ1n) is 8.28. The van der Waals surface area contributed by atoms with Gasteiger partial charge in [0.25, 0.3) is 0 Å². The van der Waals surface area contributed by atoms with Crippen molar-refractivity contribution < 1.29 is 4.79 Å². The van der Waals surface area contributed by atoms with Gasteiger partial charge in [0, 0.05) is 19.6 Å². The van der Waals surface area contributed by atoms with E-state index >= 15 is 0 Å². The summed E-state index contributed by atoms with van der Waals surface area (Å²) in [5, 5.41) is 3.11. The minimum atomic E-state index is 0.141. The number of carbonyl (C=O) groups excluding carboxylic acids is 1. The monoisotopic (exact) mass is 266 g/mol. The zero-order valence-corrected chi connectivity index (χ0v) is 12.5. The summed E-state index contributed by atoms with van der Waals surface area (Å²) in [4.78, 5) is 14.0. The normalized spacial score (nSPS) is 22.2. The molecule has 2 rings (SSSR count). The third kappa shape index (κ3) is 4.70. The lowest BCUT2D eigenvalue weighted by Gasteiger charge is -2.31. The van der Waals surface area contributed by atoms with E-state index in [1.165, 1.54) is 70.6 Å². The van der Waals surface area contributed by atoms with Gasteiger partial charge in [-0.3, -0.25) is 0 Å². The molecule has 3 heteroatoms. The maximum absolute atomic E-state index is 12.1. The number of nitrogens with one attached hydrogen (secondary N) is 1. The molecule has 0 heterocycles. The van der Waals surface area contributed by atoms with Crippen molar-refractivity contribution in [3.8, 4) is 0 Å². The van der Waals surface area contributed by atoms with E-state index in [9.17, 15) is 4.79 Å². The van der Waals surface area contributed by atoms with Crippen LogP contribution in [-0.2, 0) is 0 Å². The molecule has 2 fully saturated rings. The second-order valence-corrected chi connectivity index (χ2v) is 6.43. The molecule has 19 heavy (non-hydrogen) atoms. The Hall–Kier alpha value is -0.730. The first-order valence-corrected chi connectivity index (χ1v) is 8.28. The molecular weight excluding hydrogens is 236 g/mol. The third-order valence-corrected chi connectivity index (χ3v) is 5.00. The molecule has 0 aromatic heterocycles. The second kappa shape index (κ2) is 7.76.